The van der Waals surface area contributed by atoms with E-state index in [0.29, 0.717) is 23.1 Å². The van der Waals surface area contributed by atoms with Crippen LogP contribution in [0, 0.1) is 0 Å². The number of nitrogens with two attached hydrogens (primary N) is 1. The summed E-state index contributed by atoms with van der Waals surface area (Å²) in [5.41, 5.74) is 7.22. The minimum absolute atomic E-state index is 0.274. The predicted octanol–water partition coefficient (Wildman–Crippen LogP) is 3.58. The molecular formula is C14H17ClN2O2S2. The number of sulfonamides is 1. The number of nitrogen functional groups attached to an aromatic ring is 1. The molecular weight excluding hydrogens is 328 g/mol. The number of hydrogen-bond donors (Lipinski definition) is 1. The summed E-state index contributed by atoms with van der Waals surface area (Å²) in [6, 6.07) is 10.4. The highest BCUT2D eigenvalue weighted by Crippen LogP contribution is 2.29. The second-order valence-electron chi connectivity index (χ2n) is 4.64. The molecule has 1 aromatic heterocycles. The molecule has 1 heterocycles. The van der Waals surface area contributed by atoms with Crippen LogP contribution >= 0.6 is 22.9 Å². The van der Waals surface area contributed by atoms with Crippen molar-refractivity contribution in [3.05, 3.63) is 46.3 Å². The van der Waals surface area contributed by atoms with Crippen LogP contribution in [0.5, 0.6) is 0 Å². The maximum absolute atomic E-state index is 12.7. The van der Waals surface area contributed by atoms with E-state index >= 15 is 0 Å². The summed E-state index contributed by atoms with van der Waals surface area (Å²) in [5, 5.41) is 0. The van der Waals surface area contributed by atoms with E-state index in [1.54, 1.807) is 24.3 Å². The Morgan fingerprint density at radius 3 is 2.38 bits per heavy atom. The monoisotopic (exact) mass is 344 g/mol. The van der Waals surface area contributed by atoms with Gasteiger partial charge in [0.1, 0.15) is 4.21 Å². The van der Waals surface area contributed by atoms with Gasteiger partial charge >= 0.3 is 0 Å². The Morgan fingerprint density at radius 1 is 1.19 bits per heavy atom. The Balaban J connectivity index is 2.27. The number of anilines is 1. The van der Waals surface area contributed by atoms with E-state index in [0.717, 1.165) is 23.3 Å². The van der Waals surface area contributed by atoms with Gasteiger partial charge in [-0.3, -0.25) is 0 Å². The van der Waals surface area contributed by atoms with Crippen molar-refractivity contribution in [1.29, 1.82) is 0 Å². The molecule has 0 aliphatic rings. The van der Waals surface area contributed by atoms with Crippen LogP contribution in [0.15, 0.2) is 40.6 Å². The highest BCUT2D eigenvalue weighted by molar-refractivity contribution is 7.91. The van der Waals surface area contributed by atoms with Gasteiger partial charge in [0.25, 0.3) is 10.0 Å². The van der Waals surface area contributed by atoms with Crippen molar-refractivity contribution in [3.8, 4) is 0 Å². The molecule has 0 saturated heterocycles. The van der Waals surface area contributed by atoms with Crippen molar-refractivity contribution < 1.29 is 8.42 Å². The van der Waals surface area contributed by atoms with Gasteiger partial charge in [0.2, 0.25) is 0 Å². The summed E-state index contributed by atoms with van der Waals surface area (Å²) in [5.74, 6) is 0. The van der Waals surface area contributed by atoms with Crippen LogP contribution in [0.25, 0.3) is 0 Å². The first-order valence-corrected chi connectivity index (χ1v) is 9.17. The summed E-state index contributed by atoms with van der Waals surface area (Å²) in [6.07, 6.45) is 0.743. The van der Waals surface area contributed by atoms with Crippen LogP contribution < -0.4 is 5.73 Å². The zero-order valence-electron chi connectivity index (χ0n) is 11.6. The first-order chi connectivity index (χ1) is 9.93. The van der Waals surface area contributed by atoms with E-state index in [2.05, 4.69) is 0 Å². The molecule has 4 nitrogen and oxygen atoms in total. The predicted molar refractivity (Wildman–Crippen MR) is 88.1 cm³/mol. The van der Waals surface area contributed by atoms with E-state index < -0.39 is 10.0 Å². The molecule has 21 heavy (non-hydrogen) atoms. The van der Waals surface area contributed by atoms with Gasteiger partial charge in [-0.05, 0) is 36.2 Å². The average Bonchev–Trinajstić information content (AvgIpc) is 2.88. The summed E-state index contributed by atoms with van der Waals surface area (Å²) >= 11 is 6.93. The summed E-state index contributed by atoms with van der Waals surface area (Å²) in [7, 11) is -3.51. The van der Waals surface area contributed by atoms with Crippen LogP contribution in [-0.4, -0.2) is 19.3 Å². The molecule has 114 valence electrons. The van der Waals surface area contributed by atoms with E-state index in [9.17, 15) is 8.42 Å². The smallest absolute Gasteiger partial charge is 0.252 e. The van der Waals surface area contributed by atoms with Gasteiger partial charge in [-0.2, -0.15) is 4.31 Å². The van der Waals surface area contributed by atoms with Gasteiger partial charge < -0.3 is 5.73 Å². The third kappa shape index (κ3) is 3.97. The quantitative estimate of drug-likeness (QED) is 0.814. The fourth-order valence-electron chi connectivity index (χ4n) is 1.92. The number of rotatable bonds is 6. The molecule has 0 bridgehead atoms. The van der Waals surface area contributed by atoms with E-state index in [4.69, 9.17) is 17.3 Å². The van der Waals surface area contributed by atoms with Crippen LogP contribution in [0.1, 0.15) is 18.9 Å². The molecule has 0 fully saturated rings. The van der Waals surface area contributed by atoms with Gasteiger partial charge in [0.05, 0.1) is 4.34 Å². The molecule has 0 aliphatic heterocycles. The standard InChI is InChI=1S/C14H17ClN2O2S2/c1-2-9-17(10-11-3-5-12(16)6-4-11)21(18,19)14-8-7-13(15)20-14/h3-8H,2,9-10,16H2,1H3. The molecule has 0 unspecified atom stereocenters. The van der Waals surface area contributed by atoms with Crippen molar-refractivity contribution in [2.24, 2.45) is 0 Å². The Labute approximate surface area is 134 Å². The summed E-state index contributed by atoms with van der Waals surface area (Å²) in [4.78, 5) is 0. The molecule has 2 aromatic rings. The van der Waals surface area contributed by atoms with Crippen LogP contribution in [0.4, 0.5) is 5.69 Å². The zero-order chi connectivity index (χ0) is 15.5. The largest absolute Gasteiger partial charge is 0.399 e. The number of halogens is 1. The second-order valence-corrected chi connectivity index (χ2v) is 8.52. The van der Waals surface area contributed by atoms with Crippen LogP contribution in [0.2, 0.25) is 4.34 Å². The SMILES string of the molecule is CCCN(Cc1ccc(N)cc1)S(=O)(=O)c1ccc(Cl)s1. The van der Waals surface area contributed by atoms with Gasteiger partial charge in [0.15, 0.2) is 0 Å². The first kappa shape index (κ1) is 16.3. The third-order valence-corrected chi connectivity index (χ3v) is 6.50. The Hall–Kier alpha value is -1.08. The molecule has 0 atom stereocenters. The fourth-order valence-corrected chi connectivity index (χ4v) is 5.08. The number of hydrogen-bond acceptors (Lipinski definition) is 4. The minimum Gasteiger partial charge on any atom is -0.399 e. The third-order valence-electron chi connectivity index (χ3n) is 2.95. The molecule has 7 heteroatoms. The zero-order valence-corrected chi connectivity index (χ0v) is 14.0. The Bertz CT molecular complexity index is 696. The van der Waals surface area contributed by atoms with E-state index in [1.807, 2.05) is 19.1 Å². The molecule has 2 rings (SSSR count). The lowest BCUT2D eigenvalue weighted by Crippen LogP contribution is -2.30. The van der Waals surface area contributed by atoms with Crippen LogP contribution in [-0.2, 0) is 16.6 Å². The lowest BCUT2D eigenvalue weighted by atomic mass is 10.2. The topological polar surface area (TPSA) is 63.4 Å². The van der Waals surface area contributed by atoms with Crippen LogP contribution in [0.3, 0.4) is 0 Å². The van der Waals surface area contributed by atoms with Gasteiger partial charge in [0, 0.05) is 18.8 Å². The Morgan fingerprint density at radius 2 is 1.86 bits per heavy atom. The highest BCUT2D eigenvalue weighted by Gasteiger charge is 2.25. The van der Waals surface area contributed by atoms with Gasteiger partial charge in [-0.15, -0.1) is 11.3 Å². The van der Waals surface area contributed by atoms with Gasteiger partial charge in [-0.25, -0.2) is 8.42 Å². The van der Waals surface area contributed by atoms with Crippen molar-refractivity contribution >= 4 is 38.6 Å². The molecule has 0 radical (unpaired) electrons. The minimum atomic E-state index is -3.51. The van der Waals surface area contributed by atoms with Crippen molar-refractivity contribution in [2.45, 2.75) is 24.1 Å². The molecule has 1 aromatic carbocycles. The maximum atomic E-state index is 12.7. The maximum Gasteiger partial charge on any atom is 0.252 e. The van der Waals surface area contributed by atoms with Crippen molar-refractivity contribution in [2.75, 3.05) is 12.3 Å². The molecule has 0 saturated carbocycles. The van der Waals surface area contributed by atoms with E-state index in [-0.39, 0.29) is 4.21 Å². The van der Waals surface area contributed by atoms with Crippen molar-refractivity contribution in [3.63, 3.8) is 0 Å². The highest BCUT2D eigenvalue weighted by atomic mass is 35.5. The van der Waals surface area contributed by atoms with Crippen molar-refractivity contribution in [1.82, 2.24) is 4.31 Å². The van der Waals surface area contributed by atoms with Gasteiger partial charge in [-0.1, -0.05) is 30.7 Å². The lowest BCUT2D eigenvalue weighted by molar-refractivity contribution is 0.407. The Kier molecular flexibility index (Phi) is 5.27. The molecule has 2 N–H and O–H groups in total. The normalized spacial score (nSPS) is 12.0. The molecule has 0 spiro atoms. The van der Waals surface area contributed by atoms with E-state index in [1.165, 1.54) is 4.31 Å². The first-order valence-electron chi connectivity index (χ1n) is 6.53. The number of nitrogens with zero attached hydrogens (tertiary/aromatic N) is 1. The number of benzene rings is 1. The lowest BCUT2D eigenvalue weighted by Gasteiger charge is -2.21. The molecule has 0 amide bonds. The number of thiophene rings is 1. The fraction of sp³-hybridized carbons (Fsp3) is 0.286. The summed E-state index contributed by atoms with van der Waals surface area (Å²) < 4.78 is 27.5. The second kappa shape index (κ2) is 6.79. The molecule has 0 aliphatic carbocycles. The average molecular weight is 345 g/mol. The summed E-state index contributed by atoms with van der Waals surface area (Å²) in [6.45, 7) is 2.74.